The van der Waals surface area contributed by atoms with Gasteiger partial charge in [-0.25, -0.2) is 0 Å². The van der Waals surface area contributed by atoms with Crippen molar-refractivity contribution in [3.8, 4) is 5.75 Å². The quantitative estimate of drug-likeness (QED) is 0.748. The lowest BCUT2D eigenvalue weighted by Gasteiger charge is -2.28. The number of hydrogen-bond donors (Lipinski definition) is 2. The van der Waals surface area contributed by atoms with Crippen LogP contribution in [0.25, 0.3) is 0 Å². The summed E-state index contributed by atoms with van der Waals surface area (Å²) < 4.78 is 5.08. The second-order valence-corrected chi connectivity index (χ2v) is 4.11. The van der Waals surface area contributed by atoms with Gasteiger partial charge in [0.1, 0.15) is 5.75 Å². The fourth-order valence-corrected chi connectivity index (χ4v) is 1.63. The molecule has 0 spiro atoms. The van der Waals surface area contributed by atoms with Gasteiger partial charge in [-0.1, -0.05) is 0 Å². The van der Waals surface area contributed by atoms with Gasteiger partial charge in [-0.2, -0.15) is 0 Å². The number of nitrogens with zero attached hydrogens (tertiary/aromatic N) is 1. The smallest absolute Gasteiger partial charge is 0.236 e. The number of carbonyl (C=O) groups excluding carboxylic acids is 1. The van der Waals surface area contributed by atoms with E-state index in [0.29, 0.717) is 11.4 Å². The van der Waals surface area contributed by atoms with Crippen LogP contribution in [-0.2, 0) is 4.79 Å². The van der Waals surface area contributed by atoms with Crippen molar-refractivity contribution in [3.63, 3.8) is 0 Å². The summed E-state index contributed by atoms with van der Waals surface area (Å²) >= 11 is 0. The van der Waals surface area contributed by atoms with E-state index in [9.17, 15) is 4.79 Å². The van der Waals surface area contributed by atoms with Crippen molar-refractivity contribution in [3.05, 3.63) is 18.2 Å². The van der Waals surface area contributed by atoms with Crippen LogP contribution < -0.4 is 21.1 Å². The van der Waals surface area contributed by atoms with Crippen molar-refractivity contribution in [2.45, 2.75) is 19.9 Å². The van der Waals surface area contributed by atoms with E-state index in [-0.39, 0.29) is 18.5 Å². The van der Waals surface area contributed by atoms with E-state index in [2.05, 4.69) is 0 Å². The molecule has 0 atom stereocenters. The largest absolute Gasteiger partial charge is 0.497 e. The molecule has 94 valence electrons. The van der Waals surface area contributed by atoms with Gasteiger partial charge in [0.25, 0.3) is 0 Å². The van der Waals surface area contributed by atoms with Crippen LogP contribution in [0.1, 0.15) is 13.8 Å². The maximum Gasteiger partial charge on any atom is 0.236 e. The zero-order valence-corrected chi connectivity index (χ0v) is 10.4. The number of anilines is 2. The molecule has 0 radical (unpaired) electrons. The lowest BCUT2D eigenvalue weighted by molar-refractivity contribution is -0.116. The standard InChI is InChI=1S/C12H19N3O2/c1-8(2)15(7-12(14)16)11-5-4-9(17-3)6-10(11)13/h4-6,8H,7,13H2,1-3H3,(H2,14,16). The van der Waals surface area contributed by atoms with Crippen molar-refractivity contribution in [1.82, 2.24) is 0 Å². The highest BCUT2D eigenvalue weighted by Gasteiger charge is 2.15. The third kappa shape index (κ3) is 3.27. The first-order chi connectivity index (χ1) is 7.95. The van der Waals surface area contributed by atoms with E-state index >= 15 is 0 Å². The van der Waals surface area contributed by atoms with Crippen LogP contribution in [0, 0.1) is 0 Å². The molecule has 5 nitrogen and oxygen atoms in total. The van der Waals surface area contributed by atoms with Gasteiger partial charge < -0.3 is 21.1 Å². The first kappa shape index (κ1) is 13.2. The number of nitrogens with two attached hydrogens (primary N) is 2. The zero-order valence-electron chi connectivity index (χ0n) is 10.4. The van der Waals surface area contributed by atoms with Crippen molar-refractivity contribution < 1.29 is 9.53 Å². The van der Waals surface area contributed by atoms with E-state index in [0.717, 1.165) is 5.69 Å². The number of rotatable bonds is 5. The third-order valence-corrected chi connectivity index (χ3v) is 2.49. The second kappa shape index (κ2) is 5.43. The summed E-state index contributed by atoms with van der Waals surface area (Å²) in [4.78, 5) is 12.9. The number of nitrogen functional groups attached to an aromatic ring is 1. The van der Waals surface area contributed by atoms with Gasteiger partial charge in [0, 0.05) is 12.1 Å². The molecule has 0 bridgehead atoms. The summed E-state index contributed by atoms with van der Waals surface area (Å²) in [5.74, 6) is 0.308. The molecule has 0 saturated heterocycles. The fourth-order valence-electron chi connectivity index (χ4n) is 1.63. The predicted molar refractivity (Wildman–Crippen MR) is 69.1 cm³/mol. The van der Waals surface area contributed by atoms with Crippen LogP contribution in [-0.4, -0.2) is 25.6 Å². The lowest BCUT2D eigenvalue weighted by Crippen LogP contribution is -2.39. The van der Waals surface area contributed by atoms with Gasteiger partial charge >= 0.3 is 0 Å². The van der Waals surface area contributed by atoms with Crippen LogP contribution in [0.4, 0.5) is 11.4 Å². The summed E-state index contributed by atoms with van der Waals surface area (Å²) in [6.07, 6.45) is 0. The van der Waals surface area contributed by atoms with Crippen LogP contribution in [0.15, 0.2) is 18.2 Å². The van der Waals surface area contributed by atoms with E-state index in [1.54, 1.807) is 13.2 Å². The Morgan fingerprint density at radius 2 is 2.12 bits per heavy atom. The highest BCUT2D eigenvalue weighted by atomic mass is 16.5. The average Bonchev–Trinajstić information content (AvgIpc) is 2.25. The minimum Gasteiger partial charge on any atom is -0.497 e. The normalized spacial score (nSPS) is 10.4. The third-order valence-electron chi connectivity index (χ3n) is 2.49. The fraction of sp³-hybridized carbons (Fsp3) is 0.417. The summed E-state index contributed by atoms with van der Waals surface area (Å²) in [6, 6.07) is 5.50. The number of methoxy groups -OCH3 is 1. The minimum atomic E-state index is -0.381. The molecule has 17 heavy (non-hydrogen) atoms. The number of hydrogen-bond acceptors (Lipinski definition) is 4. The maximum atomic E-state index is 11.0. The molecule has 4 N–H and O–H groups in total. The lowest BCUT2D eigenvalue weighted by atomic mass is 10.2. The van der Waals surface area contributed by atoms with Crippen LogP contribution in [0.2, 0.25) is 0 Å². The van der Waals surface area contributed by atoms with Gasteiger partial charge in [0.15, 0.2) is 0 Å². The number of ether oxygens (including phenoxy) is 1. The average molecular weight is 237 g/mol. The predicted octanol–water partition coefficient (Wildman–Crippen LogP) is 0.977. The van der Waals surface area contributed by atoms with Crippen LogP contribution in [0.5, 0.6) is 5.75 Å². The molecule has 5 heteroatoms. The van der Waals surface area contributed by atoms with Crippen molar-refractivity contribution in [2.75, 3.05) is 24.3 Å². The van der Waals surface area contributed by atoms with Gasteiger partial charge in [-0.3, -0.25) is 4.79 Å². The van der Waals surface area contributed by atoms with E-state index in [4.69, 9.17) is 16.2 Å². The molecule has 1 aromatic carbocycles. The van der Waals surface area contributed by atoms with Gasteiger partial charge in [0.2, 0.25) is 5.91 Å². The van der Waals surface area contributed by atoms with Crippen molar-refractivity contribution >= 4 is 17.3 Å². The Hall–Kier alpha value is -1.91. The Balaban J connectivity index is 3.06. The molecule has 0 aliphatic rings. The van der Waals surface area contributed by atoms with Gasteiger partial charge in [0.05, 0.1) is 25.0 Å². The monoisotopic (exact) mass is 237 g/mol. The molecule has 0 saturated carbocycles. The van der Waals surface area contributed by atoms with E-state index in [1.807, 2.05) is 30.9 Å². The first-order valence-corrected chi connectivity index (χ1v) is 5.44. The highest BCUT2D eigenvalue weighted by Crippen LogP contribution is 2.28. The summed E-state index contributed by atoms with van der Waals surface area (Å²) in [6.45, 7) is 4.10. The molecule has 0 unspecified atom stereocenters. The molecule has 1 rings (SSSR count). The van der Waals surface area contributed by atoms with E-state index in [1.165, 1.54) is 0 Å². The number of carbonyl (C=O) groups is 1. The van der Waals surface area contributed by atoms with Crippen molar-refractivity contribution in [1.29, 1.82) is 0 Å². The van der Waals surface area contributed by atoms with Gasteiger partial charge in [-0.05, 0) is 26.0 Å². The molecule has 1 amide bonds. The van der Waals surface area contributed by atoms with Crippen LogP contribution in [0.3, 0.4) is 0 Å². The molecule has 0 fully saturated rings. The molecular weight excluding hydrogens is 218 g/mol. The second-order valence-electron chi connectivity index (χ2n) is 4.11. The molecule has 0 aliphatic heterocycles. The number of benzene rings is 1. The maximum absolute atomic E-state index is 11.0. The van der Waals surface area contributed by atoms with E-state index < -0.39 is 0 Å². The summed E-state index contributed by atoms with van der Waals surface area (Å²) in [5, 5.41) is 0. The first-order valence-electron chi connectivity index (χ1n) is 5.44. The Bertz CT molecular complexity index is 405. The number of amides is 1. The molecule has 0 aromatic heterocycles. The number of primary amides is 1. The minimum absolute atomic E-state index is 0.137. The van der Waals surface area contributed by atoms with Crippen molar-refractivity contribution in [2.24, 2.45) is 5.73 Å². The SMILES string of the molecule is COc1ccc(N(CC(N)=O)C(C)C)c(N)c1. The summed E-state index contributed by atoms with van der Waals surface area (Å²) in [7, 11) is 1.58. The Labute approximate surface area is 101 Å². The van der Waals surface area contributed by atoms with Crippen LogP contribution >= 0.6 is 0 Å². The molecule has 0 heterocycles. The Kier molecular flexibility index (Phi) is 4.20. The Morgan fingerprint density at radius 1 is 1.47 bits per heavy atom. The summed E-state index contributed by atoms with van der Waals surface area (Å²) in [5.41, 5.74) is 12.5. The molecule has 0 aliphatic carbocycles. The zero-order chi connectivity index (χ0) is 13.0. The highest BCUT2D eigenvalue weighted by molar-refractivity contribution is 5.82. The topological polar surface area (TPSA) is 81.6 Å². The molecular formula is C12H19N3O2. The molecule has 1 aromatic rings. The Morgan fingerprint density at radius 3 is 2.53 bits per heavy atom. The van der Waals surface area contributed by atoms with Gasteiger partial charge in [-0.15, -0.1) is 0 Å².